The van der Waals surface area contributed by atoms with E-state index in [4.69, 9.17) is 0 Å². The van der Waals surface area contributed by atoms with Crippen LogP contribution in [-0.4, -0.2) is 41.7 Å². The molecule has 0 saturated heterocycles. The zero-order chi connectivity index (χ0) is 18.6. The van der Waals surface area contributed by atoms with Crippen molar-refractivity contribution < 1.29 is 9.90 Å². The summed E-state index contributed by atoms with van der Waals surface area (Å²) in [7, 11) is 0. The molecule has 0 saturated carbocycles. The average molecular weight is 354 g/mol. The van der Waals surface area contributed by atoms with Gasteiger partial charge in [0.2, 0.25) is 0 Å². The molecule has 0 amide bonds. The molecule has 1 aliphatic heterocycles. The molecule has 1 aliphatic rings. The monoisotopic (exact) mass is 354 g/mol. The van der Waals surface area contributed by atoms with E-state index in [1.54, 1.807) is 20.0 Å². The molecule has 6 nitrogen and oxygen atoms in total. The van der Waals surface area contributed by atoms with Crippen LogP contribution in [0.4, 0.5) is 11.5 Å². The van der Waals surface area contributed by atoms with E-state index in [2.05, 4.69) is 20.9 Å². The maximum Gasteiger partial charge on any atom is 0.313 e. The van der Waals surface area contributed by atoms with Crippen LogP contribution in [0.1, 0.15) is 25.0 Å². The zero-order valence-corrected chi connectivity index (χ0v) is 15.2. The molecular formula is C20H26N4O2. The van der Waals surface area contributed by atoms with Gasteiger partial charge in [-0.05, 0) is 50.1 Å². The summed E-state index contributed by atoms with van der Waals surface area (Å²) >= 11 is 0. The molecule has 0 bridgehead atoms. The fourth-order valence-corrected chi connectivity index (χ4v) is 3.01. The number of benzene rings is 1. The van der Waals surface area contributed by atoms with Gasteiger partial charge >= 0.3 is 5.97 Å². The third-order valence-electron chi connectivity index (χ3n) is 4.85. The molecule has 3 rings (SSSR count). The smallest absolute Gasteiger partial charge is 0.313 e. The first-order valence-electron chi connectivity index (χ1n) is 8.96. The van der Waals surface area contributed by atoms with Crippen molar-refractivity contribution in [2.24, 2.45) is 0 Å². The molecule has 2 aromatic rings. The molecule has 2 heterocycles. The third-order valence-corrected chi connectivity index (χ3v) is 4.85. The van der Waals surface area contributed by atoms with E-state index in [1.807, 2.05) is 36.4 Å². The van der Waals surface area contributed by atoms with Gasteiger partial charge in [0, 0.05) is 19.3 Å². The van der Waals surface area contributed by atoms with Gasteiger partial charge in [-0.1, -0.05) is 24.3 Å². The van der Waals surface area contributed by atoms with E-state index in [0.29, 0.717) is 0 Å². The van der Waals surface area contributed by atoms with E-state index in [-0.39, 0.29) is 6.04 Å². The zero-order valence-electron chi connectivity index (χ0n) is 15.2. The molecule has 0 spiro atoms. The molecule has 1 unspecified atom stereocenters. The second-order valence-corrected chi connectivity index (χ2v) is 7.21. The van der Waals surface area contributed by atoms with Crippen LogP contribution in [0.5, 0.6) is 0 Å². The summed E-state index contributed by atoms with van der Waals surface area (Å²) in [6.07, 6.45) is 2.65. The quantitative estimate of drug-likeness (QED) is 0.572. The largest absolute Gasteiger partial charge is 0.481 e. The molecule has 138 valence electrons. The van der Waals surface area contributed by atoms with Crippen LogP contribution in [0.15, 0.2) is 42.6 Å². The van der Waals surface area contributed by atoms with Crippen molar-refractivity contribution in [1.29, 1.82) is 0 Å². The van der Waals surface area contributed by atoms with Gasteiger partial charge in [-0.15, -0.1) is 0 Å². The number of nitrogens with zero attached hydrogens (tertiary/aromatic N) is 1. The van der Waals surface area contributed by atoms with Crippen molar-refractivity contribution in [3.05, 3.63) is 53.7 Å². The van der Waals surface area contributed by atoms with E-state index in [9.17, 15) is 9.90 Å². The molecule has 4 N–H and O–H groups in total. The molecule has 0 fully saturated rings. The number of fused-ring (bicyclic) bond motifs is 1. The SMILES string of the molecule is CC(C)(C(=O)O)c1cccc(CCNCC2CNc3cccnc3N2)c1. The topological polar surface area (TPSA) is 86.3 Å². The Morgan fingerprint density at radius 2 is 2.19 bits per heavy atom. The summed E-state index contributed by atoms with van der Waals surface area (Å²) in [4.78, 5) is 15.8. The summed E-state index contributed by atoms with van der Waals surface area (Å²) in [5.74, 6) is 0.0895. The lowest BCUT2D eigenvalue weighted by atomic mass is 9.84. The van der Waals surface area contributed by atoms with Crippen molar-refractivity contribution in [2.75, 3.05) is 30.3 Å². The Morgan fingerprint density at radius 3 is 3.00 bits per heavy atom. The highest BCUT2D eigenvalue weighted by Crippen LogP contribution is 2.24. The molecule has 26 heavy (non-hydrogen) atoms. The fraction of sp³-hybridized carbons (Fsp3) is 0.400. The van der Waals surface area contributed by atoms with Gasteiger partial charge in [-0.25, -0.2) is 4.98 Å². The van der Waals surface area contributed by atoms with Crippen LogP contribution in [0.25, 0.3) is 0 Å². The summed E-state index contributed by atoms with van der Waals surface area (Å²) in [6, 6.07) is 12.1. The number of rotatable bonds is 7. The highest BCUT2D eigenvalue weighted by atomic mass is 16.4. The van der Waals surface area contributed by atoms with Crippen molar-refractivity contribution in [3.63, 3.8) is 0 Å². The van der Waals surface area contributed by atoms with Crippen molar-refractivity contribution >= 4 is 17.5 Å². The van der Waals surface area contributed by atoms with Crippen LogP contribution in [0.2, 0.25) is 0 Å². The van der Waals surface area contributed by atoms with Crippen molar-refractivity contribution in [2.45, 2.75) is 31.7 Å². The molecular weight excluding hydrogens is 328 g/mol. The molecule has 0 aliphatic carbocycles. The van der Waals surface area contributed by atoms with Gasteiger partial charge in [-0.3, -0.25) is 4.79 Å². The Labute approximate surface area is 154 Å². The van der Waals surface area contributed by atoms with Crippen molar-refractivity contribution in [1.82, 2.24) is 10.3 Å². The number of nitrogens with one attached hydrogen (secondary N) is 3. The Hall–Kier alpha value is -2.60. The predicted molar refractivity (Wildman–Crippen MR) is 104 cm³/mol. The number of carboxylic acid groups (broad SMARTS) is 1. The summed E-state index contributed by atoms with van der Waals surface area (Å²) in [5, 5.41) is 19.7. The Bertz CT molecular complexity index is 776. The number of pyridine rings is 1. The van der Waals surface area contributed by atoms with E-state index in [1.165, 1.54) is 0 Å². The summed E-state index contributed by atoms with van der Waals surface area (Å²) in [5.41, 5.74) is 2.15. The third kappa shape index (κ3) is 4.14. The van der Waals surface area contributed by atoms with E-state index < -0.39 is 11.4 Å². The lowest BCUT2D eigenvalue weighted by molar-refractivity contribution is -0.142. The highest BCUT2D eigenvalue weighted by molar-refractivity contribution is 5.80. The Kier molecular flexibility index (Phi) is 5.42. The van der Waals surface area contributed by atoms with Gasteiger partial charge in [0.05, 0.1) is 17.1 Å². The predicted octanol–water partition coefficient (Wildman–Crippen LogP) is 2.48. The number of anilines is 2. The van der Waals surface area contributed by atoms with Crippen molar-refractivity contribution in [3.8, 4) is 0 Å². The second kappa shape index (κ2) is 7.74. The van der Waals surface area contributed by atoms with Gasteiger partial charge in [0.25, 0.3) is 0 Å². The highest BCUT2D eigenvalue weighted by Gasteiger charge is 2.29. The number of carboxylic acids is 1. The van der Waals surface area contributed by atoms with Gasteiger partial charge < -0.3 is 21.1 Å². The maximum absolute atomic E-state index is 11.4. The first kappa shape index (κ1) is 18.2. The molecule has 6 heteroatoms. The van der Waals surface area contributed by atoms with Crippen LogP contribution >= 0.6 is 0 Å². The summed E-state index contributed by atoms with van der Waals surface area (Å²) < 4.78 is 0. The maximum atomic E-state index is 11.4. The standard InChI is InChI=1S/C20H26N4O2/c1-20(2,19(25)26)15-6-3-5-14(11-15)8-10-21-12-16-13-23-17-7-4-9-22-18(17)24-16/h3-7,9,11,16,21,23H,8,10,12-13H2,1-2H3,(H,22,24)(H,25,26). The lowest BCUT2D eigenvalue weighted by Gasteiger charge is -2.27. The summed E-state index contributed by atoms with van der Waals surface area (Å²) in [6.45, 7) is 6.00. The lowest BCUT2D eigenvalue weighted by Crippen LogP contribution is -2.41. The van der Waals surface area contributed by atoms with Crippen LogP contribution in [0, 0.1) is 0 Å². The average Bonchev–Trinajstić information content (AvgIpc) is 2.65. The van der Waals surface area contributed by atoms with Crippen LogP contribution < -0.4 is 16.0 Å². The number of carbonyl (C=O) groups is 1. The number of hydrogen-bond donors (Lipinski definition) is 4. The normalized spacial score (nSPS) is 16.3. The molecule has 0 radical (unpaired) electrons. The Morgan fingerprint density at radius 1 is 1.35 bits per heavy atom. The first-order valence-corrected chi connectivity index (χ1v) is 8.96. The minimum absolute atomic E-state index is 0.287. The van der Waals surface area contributed by atoms with Crippen LogP contribution in [-0.2, 0) is 16.6 Å². The van der Waals surface area contributed by atoms with E-state index in [0.717, 1.165) is 48.7 Å². The first-order chi connectivity index (χ1) is 12.5. The minimum atomic E-state index is -0.873. The minimum Gasteiger partial charge on any atom is -0.481 e. The number of aliphatic carboxylic acids is 1. The van der Waals surface area contributed by atoms with Gasteiger partial charge in [0.1, 0.15) is 5.82 Å². The number of aromatic nitrogens is 1. The van der Waals surface area contributed by atoms with Crippen LogP contribution in [0.3, 0.4) is 0 Å². The molecule has 1 aromatic heterocycles. The van der Waals surface area contributed by atoms with E-state index >= 15 is 0 Å². The van der Waals surface area contributed by atoms with Gasteiger partial charge in [0.15, 0.2) is 0 Å². The number of hydrogen-bond acceptors (Lipinski definition) is 5. The molecule has 1 atom stereocenters. The second-order valence-electron chi connectivity index (χ2n) is 7.21. The Balaban J connectivity index is 1.48. The molecule has 1 aromatic carbocycles. The van der Waals surface area contributed by atoms with Gasteiger partial charge in [-0.2, -0.15) is 0 Å². The fourth-order valence-electron chi connectivity index (χ4n) is 3.01.